The third kappa shape index (κ3) is 3.70. The highest BCUT2D eigenvalue weighted by Gasteiger charge is 2.19. The predicted molar refractivity (Wildman–Crippen MR) is 78.8 cm³/mol. The number of hydrogen-bond acceptors (Lipinski definition) is 4. The van der Waals surface area contributed by atoms with Crippen molar-refractivity contribution in [3.05, 3.63) is 68.7 Å². The molecule has 0 amide bonds. The number of halogens is 1. The molecular weight excluding hydrogens is 296 g/mol. The monoisotopic (exact) mass is 306 g/mol. The Bertz CT molecular complexity index is 703. The summed E-state index contributed by atoms with van der Waals surface area (Å²) in [6.45, 7) is 0.428. The molecule has 0 unspecified atom stereocenters. The molecule has 0 heterocycles. The summed E-state index contributed by atoms with van der Waals surface area (Å²) in [7, 11) is 0. The SMILES string of the molecule is O=C(O)c1cc(NCc2cccc(Cl)c2)ccc1[N+](=O)[O-]. The molecule has 0 aromatic heterocycles. The number of nitrogens with one attached hydrogen (secondary N) is 1. The second-order valence-corrected chi connectivity index (χ2v) is 4.71. The average Bonchev–Trinajstić information content (AvgIpc) is 2.44. The molecule has 2 rings (SSSR count). The van der Waals surface area contributed by atoms with Crippen molar-refractivity contribution >= 4 is 28.9 Å². The van der Waals surface area contributed by atoms with Crippen LogP contribution in [0.3, 0.4) is 0 Å². The van der Waals surface area contributed by atoms with E-state index in [4.69, 9.17) is 16.7 Å². The zero-order valence-corrected chi connectivity index (χ0v) is 11.5. The molecule has 7 heteroatoms. The fraction of sp³-hybridized carbons (Fsp3) is 0.0714. The van der Waals surface area contributed by atoms with E-state index in [0.29, 0.717) is 17.3 Å². The van der Waals surface area contributed by atoms with Gasteiger partial charge in [-0.25, -0.2) is 4.79 Å². The zero-order valence-electron chi connectivity index (χ0n) is 10.7. The summed E-state index contributed by atoms with van der Waals surface area (Å²) in [6, 6.07) is 11.1. The van der Waals surface area contributed by atoms with Crippen LogP contribution in [-0.2, 0) is 6.54 Å². The van der Waals surface area contributed by atoms with E-state index >= 15 is 0 Å². The quantitative estimate of drug-likeness (QED) is 0.651. The number of carboxylic acids is 1. The Balaban J connectivity index is 2.19. The third-order valence-corrected chi connectivity index (χ3v) is 3.04. The molecule has 6 nitrogen and oxygen atoms in total. The van der Waals surface area contributed by atoms with Crippen molar-refractivity contribution in [3.8, 4) is 0 Å². The highest BCUT2D eigenvalue weighted by atomic mass is 35.5. The minimum absolute atomic E-state index is 0.351. The van der Waals surface area contributed by atoms with Gasteiger partial charge >= 0.3 is 5.97 Å². The summed E-state index contributed by atoms with van der Waals surface area (Å²) in [6.07, 6.45) is 0. The van der Waals surface area contributed by atoms with Crippen molar-refractivity contribution in [2.45, 2.75) is 6.54 Å². The van der Waals surface area contributed by atoms with Crippen LogP contribution in [0.15, 0.2) is 42.5 Å². The molecule has 0 aliphatic carbocycles. The van der Waals surface area contributed by atoms with Gasteiger partial charge in [-0.2, -0.15) is 0 Å². The van der Waals surface area contributed by atoms with Crippen LogP contribution in [0.25, 0.3) is 0 Å². The van der Waals surface area contributed by atoms with Gasteiger partial charge in [0.25, 0.3) is 5.69 Å². The van der Waals surface area contributed by atoms with E-state index in [1.54, 1.807) is 18.2 Å². The van der Waals surface area contributed by atoms with Crippen LogP contribution < -0.4 is 5.32 Å². The lowest BCUT2D eigenvalue weighted by atomic mass is 10.1. The van der Waals surface area contributed by atoms with Gasteiger partial charge in [-0.1, -0.05) is 23.7 Å². The Morgan fingerprint density at radius 1 is 1.29 bits per heavy atom. The van der Waals surface area contributed by atoms with Gasteiger partial charge in [-0.15, -0.1) is 0 Å². The fourth-order valence-corrected chi connectivity index (χ4v) is 2.04. The highest BCUT2D eigenvalue weighted by Crippen LogP contribution is 2.23. The van der Waals surface area contributed by atoms with Gasteiger partial charge in [0.2, 0.25) is 0 Å². The number of anilines is 1. The van der Waals surface area contributed by atoms with Crippen molar-refractivity contribution in [2.24, 2.45) is 0 Å². The molecule has 0 atom stereocenters. The van der Waals surface area contributed by atoms with Crippen LogP contribution in [0.5, 0.6) is 0 Å². The average molecular weight is 307 g/mol. The van der Waals surface area contributed by atoms with Gasteiger partial charge in [0.05, 0.1) is 4.92 Å². The number of nitro benzene ring substituents is 1. The van der Waals surface area contributed by atoms with E-state index in [1.165, 1.54) is 18.2 Å². The first-order valence-electron chi connectivity index (χ1n) is 5.97. The summed E-state index contributed by atoms with van der Waals surface area (Å²) in [5.74, 6) is -1.34. The number of hydrogen-bond donors (Lipinski definition) is 2. The van der Waals surface area contributed by atoms with E-state index < -0.39 is 16.6 Å². The van der Waals surface area contributed by atoms with Gasteiger partial charge in [0.1, 0.15) is 5.56 Å². The molecule has 0 saturated heterocycles. The number of aromatic carboxylic acids is 1. The molecule has 0 bridgehead atoms. The van der Waals surface area contributed by atoms with E-state index in [-0.39, 0.29) is 5.56 Å². The summed E-state index contributed by atoms with van der Waals surface area (Å²) in [5.41, 5.74) is 0.614. The lowest BCUT2D eigenvalue weighted by molar-refractivity contribution is -0.385. The summed E-state index contributed by atoms with van der Waals surface area (Å²) in [5, 5.41) is 23.4. The van der Waals surface area contributed by atoms with Crippen LogP contribution in [0.2, 0.25) is 5.02 Å². The zero-order chi connectivity index (χ0) is 15.4. The molecular formula is C14H11ClN2O4. The van der Waals surface area contributed by atoms with Crippen molar-refractivity contribution in [1.82, 2.24) is 0 Å². The fourth-order valence-electron chi connectivity index (χ4n) is 1.83. The van der Waals surface area contributed by atoms with E-state index in [1.807, 2.05) is 6.07 Å². The van der Waals surface area contributed by atoms with E-state index in [0.717, 1.165) is 5.56 Å². The first kappa shape index (κ1) is 14.8. The number of benzene rings is 2. The van der Waals surface area contributed by atoms with Gasteiger partial charge in [0.15, 0.2) is 0 Å². The Morgan fingerprint density at radius 3 is 2.67 bits per heavy atom. The smallest absolute Gasteiger partial charge is 0.342 e. The molecule has 0 saturated carbocycles. The molecule has 2 N–H and O–H groups in total. The third-order valence-electron chi connectivity index (χ3n) is 2.81. The van der Waals surface area contributed by atoms with E-state index in [9.17, 15) is 14.9 Å². The molecule has 0 spiro atoms. The number of carbonyl (C=O) groups is 1. The second-order valence-electron chi connectivity index (χ2n) is 4.28. The van der Waals surface area contributed by atoms with Crippen molar-refractivity contribution < 1.29 is 14.8 Å². The lowest BCUT2D eigenvalue weighted by Crippen LogP contribution is -2.05. The number of rotatable bonds is 5. The topological polar surface area (TPSA) is 92.5 Å². The molecule has 108 valence electrons. The summed E-state index contributed by atoms with van der Waals surface area (Å²) < 4.78 is 0. The minimum Gasteiger partial charge on any atom is -0.477 e. The van der Waals surface area contributed by atoms with Crippen LogP contribution in [0, 0.1) is 10.1 Å². The Labute approximate surface area is 125 Å². The van der Waals surface area contributed by atoms with Crippen LogP contribution >= 0.6 is 11.6 Å². The van der Waals surface area contributed by atoms with Crippen molar-refractivity contribution in [2.75, 3.05) is 5.32 Å². The Morgan fingerprint density at radius 2 is 2.05 bits per heavy atom. The number of nitro groups is 1. The molecule has 0 aliphatic rings. The minimum atomic E-state index is -1.34. The number of nitrogens with zero attached hydrogens (tertiary/aromatic N) is 1. The standard InChI is InChI=1S/C14H11ClN2O4/c15-10-3-1-2-9(6-10)8-16-11-4-5-13(17(20)21)12(7-11)14(18)19/h1-7,16H,8H2,(H,18,19). The van der Waals surface area contributed by atoms with Crippen molar-refractivity contribution in [1.29, 1.82) is 0 Å². The normalized spacial score (nSPS) is 10.1. The molecule has 0 fully saturated rings. The molecule has 0 aliphatic heterocycles. The molecule has 2 aromatic rings. The molecule has 21 heavy (non-hydrogen) atoms. The highest BCUT2D eigenvalue weighted by molar-refractivity contribution is 6.30. The Kier molecular flexibility index (Phi) is 4.39. The maximum Gasteiger partial charge on any atom is 0.342 e. The van der Waals surface area contributed by atoms with Gasteiger partial charge in [0, 0.05) is 23.3 Å². The maximum atomic E-state index is 11.0. The van der Waals surface area contributed by atoms with E-state index in [2.05, 4.69) is 5.32 Å². The largest absolute Gasteiger partial charge is 0.477 e. The predicted octanol–water partition coefficient (Wildman–Crippen LogP) is 3.56. The Hall–Kier alpha value is -2.60. The van der Waals surface area contributed by atoms with Crippen LogP contribution in [0.4, 0.5) is 11.4 Å². The number of carboxylic acid groups (broad SMARTS) is 1. The maximum absolute atomic E-state index is 11.0. The summed E-state index contributed by atoms with van der Waals surface area (Å²) >= 11 is 5.87. The molecule has 0 radical (unpaired) electrons. The van der Waals surface area contributed by atoms with Crippen LogP contribution in [0.1, 0.15) is 15.9 Å². The first-order valence-corrected chi connectivity index (χ1v) is 6.35. The summed E-state index contributed by atoms with van der Waals surface area (Å²) in [4.78, 5) is 21.1. The second kappa shape index (κ2) is 6.23. The van der Waals surface area contributed by atoms with Gasteiger partial charge < -0.3 is 10.4 Å². The van der Waals surface area contributed by atoms with Gasteiger partial charge in [-0.05, 0) is 29.8 Å². The molecule has 2 aromatic carbocycles. The van der Waals surface area contributed by atoms with Gasteiger partial charge in [-0.3, -0.25) is 10.1 Å². The first-order chi connectivity index (χ1) is 9.97. The van der Waals surface area contributed by atoms with Crippen LogP contribution in [-0.4, -0.2) is 16.0 Å². The van der Waals surface area contributed by atoms with Crippen molar-refractivity contribution in [3.63, 3.8) is 0 Å². The lowest BCUT2D eigenvalue weighted by Gasteiger charge is -2.08.